The third kappa shape index (κ3) is 2.57. The summed E-state index contributed by atoms with van der Waals surface area (Å²) >= 11 is 24.8. The highest BCUT2D eigenvalue weighted by atomic mass is 35.5. The molecule has 0 saturated heterocycles. The van der Waals surface area contributed by atoms with Gasteiger partial charge in [-0.05, 0) is 42.5 Å². The molecular weight excluding hydrogens is 464 g/mol. The van der Waals surface area contributed by atoms with Gasteiger partial charge in [-0.1, -0.05) is 66.3 Å². The fraction of sp³-hybridized carbons (Fsp3) is 0.318. The first-order valence-electron chi connectivity index (χ1n) is 9.59. The summed E-state index contributed by atoms with van der Waals surface area (Å²) in [5, 5.41) is 4.56. The van der Waals surface area contributed by atoms with E-state index in [-0.39, 0.29) is 17.2 Å². The third-order valence-electron chi connectivity index (χ3n) is 6.83. The maximum absolute atomic E-state index is 13.8. The summed E-state index contributed by atoms with van der Waals surface area (Å²) in [6.45, 7) is 4.22. The number of carbonyl (C=O) groups excluding carboxylic acids is 1. The highest BCUT2D eigenvalue weighted by molar-refractivity contribution is 6.44. The van der Waals surface area contributed by atoms with Crippen molar-refractivity contribution in [3.63, 3.8) is 0 Å². The van der Waals surface area contributed by atoms with Crippen molar-refractivity contribution in [2.24, 2.45) is 5.41 Å². The highest BCUT2D eigenvalue weighted by Crippen LogP contribution is 2.67. The van der Waals surface area contributed by atoms with Crippen LogP contribution in [0, 0.1) is 5.41 Å². The number of hydrogen-bond donors (Lipinski definition) is 1. The van der Waals surface area contributed by atoms with E-state index >= 15 is 0 Å². The molecule has 1 N–H and O–H groups in total. The summed E-state index contributed by atoms with van der Waals surface area (Å²) in [4.78, 5) is 23.5. The Labute approximate surface area is 193 Å². The largest absolute Gasteiger partial charge is 0.324 e. The minimum absolute atomic E-state index is 0.124. The van der Waals surface area contributed by atoms with Crippen molar-refractivity contribution in [2.45, 2.75) is 38.0 Å². The van der Waals surface area contributed by atoms with Crippen LogP contribution in [-0.2, 0) is 10.2 Å². The van der Waals surface area contributed by atoms with E-state index in [0.29, 0.717) is 48.9 Å². The van der Waals surface area contributed by atoms with Gasteiger partial charge in [0, 0.05) is 5.92 Å². The van der Waals surface area contributed by atoms with Crippen molar-refractivity contribution >= 4 is 69.0 Å². The van der Waals surface area contributed by atoms with E-state index in [1.54, 1.807) is 30.3 Å². The van der Waals surface area contributed by atoms with Crippen molar-refractivity contribution in [2.75, 3.05) is 5.32 Å². The summed E-state index contributed by atoms with van der Waals surface area (Å²) in [5.41, 5.74) is 2.18. The van der Waals surface area contributed by atoms with E-state index in [1.165, 1.54) is 0 Å². The summed E-state index contributed by atoms with van der Waals surface area (Å²) in [6.07, 6.45) is 1.54. The molecule has 154 valence electrons. The number of halogens is 4. The van der Waals surface area contributed by atoms with Crippen LogP contribution >= 0.6 is 46.4 Å². The molecule has 1 amide bonds. The van der Waals surface area contributed by atoms with Crippen molar-refractivity contribution in [3.8, 4) is 0 Å². The Hall–Kier alpha value is -1.59. The molecule has 1 saturated carbocycles. The predicted molar refractivity (Wildman–Crippen MR) is 122 cm³/mol. The third-order valence-corrected chi connectivity index (χ3v) is 8.38. The Bertz CT molecular complexity index is 1240. The molecular formula is C22H17Cl4N3O. The number of rotatable bonds is 2. The van der Waals surface area contributed by atoms with E-state index in [4.69, 9.17) is 56.4 Å². The smallest absolute Gasteiger partial charge is 0.237 e. The molecule has 2 atom stereocenters. The molecule has 1 aromatic heterocycles. The Balaban J connectivity index is 1.68. The highest BCUT2D eigenvalue weighted by Gasteiger charge is 2.67. The van der Waals surface area contributed by atoms with Crippen LogP contribution in [0.5, 0.6) is 0 Å². The lowest BCUT2D eigenvalue weighted by Crippen LogP contribution is -2.46. The van der Waals surface area contributed by atoms with E-state index in [9.17, 15) is 4.79 Å². The minimum atomic E-state index is -0.827. The van der Waals surface area contributed by atoms with Crippen LogP contribution in [0.25, 0.3) is 11.0 Å². The fourth-order valence-corrected chi connectivity index (χ4v) is 5.87. The second kappa shape index (κ2) is 6.70. The number of fused-ring (bicyclic) bond motifs is 6. The molecule has 4 nitrogen and oxygen atoms in total. The van der Waals surface area contributed by atoms with E-state index < -0.39 is 5.41 Å². The lowest BCUT2D eigenvalue weighted by Gasteiger charge is -2.36. The molecule has 2 aromatic carbocycles. The van der Waals surface area contributed by atoms with E-state index in [2.05, 4.69) is 19.2 Å². The number of carbonyl (C=O) groups is 1. The van der Waals surface area contributed by atoms with Gasteiger partial charge in [-0.15, -0.1) is 0 Å². The minimum Gasteiger partial charge on any atom is -0.324 e. The zero-order valence-electron chi connectivity index (χ0n) is 16.2. The molecule has 0 radical (unpaired) electrons. The molecule has 1 fully saturated rings. The lowest BCUT2D eigenvalue weighted by atomic mass is 9.67. The molecule has 8 heteroatoms. The first-order chi connectivity index (χ1) is 14.2. The van der Waals surface area contributed by atoms with Crippen LogP contribution in [0.15, 0.2) is 30.3 Å². The lowest BCUT2D eigenvalue weighted by molar-refractivity contribution is -0.124. The van der Waals surface area contributed by atoms with Gasteiger partial charge >= 0.3 is 0 Å². The molecule has 0 spiro atoms. The van der Waals surface area contributed by atoms with Crippen molar-refractivity contribution < 1.29 is 4.79 Å². The van der Waals surface area contributed by atoms with Crippen molar-refractivity contribution in [1.29, 1.82) is 0 Å². The van der Waals surface area contributed by atoms with Gasteiger partial charge in [0.2, 0.25) is 5.91 Å². The number of hydrogen-bond acceptors (Lipinski definition) is 3. The van der Waals surface area contributed by atoms with Gasteiger partial charge in [-0.25, -0.2) is 9.97 Å². The van der Waals surface area contributed by atoms with Crippen LogP contribution in [0.1, 0.15) is 44.0 Å². The zero-order chi connectivity index (χ0) is 21.4. The average molecular weight is 481 g/mol. The number of benzene rings is 2. The topological polar surface area (TPSA) is 54.9 Å². The van der Waals surface area contributed by atoms with Crippen LogP contribution in [0.2, 0.25) is 20.1 Å². The van der Waals surface area contributed by atoms with Gasteiger partial charge in [-0.2, -0.15) is 0 Å². The summed E-state index contributed by atoms with van der Waals surface area (Å²) < 4.78 is 0. The number of amides is 1. The SMILES string of the molecule is CC1(C)C2CCC1(C(=O)Nc1cccc(Cl)c1Cl)c1nc3cc(Cl)c(Cl)cc3nc12. The normalized spacial score (nSPS) is 23.6. The summed E-state index contributed by atoms with van der Waals surface area (Å²) in [6, 6.07) is 8.61. The Morgan fingerprint density at radius 1 is 1.03 bits per heavy atom. The monoisotopic (exact) mass is 479 g/mol. The Morgan fingerprint density at radius 2 is 1.70 bits per heavy atom. The second-order valence-corrected chi connectivity index (χ2v) is 10.1. The van der Waals surface area contributed by atoms with Crippen LogP contribution < -0.4 is 5.32 Å². The number of aromatic nitrogens is 2. The van der Waals surface area contributed by atoms with E-state index in [0.717, 1.165) is 12.1 Å². The van der Waals surface area contributed by atoms with Crippen LogP contribution in [0.3, 0.4) is 0 Å². The Morgan fingerprint density at radius 3 is 2.40 bits per heavy atom. The van der Waals surface area contributed by atoms with Gasteiger partial charge in [0.1, 0.15) is 0 Å². The Kier molecular flexibility index (Phi) is 4.54. The van der Waals surface area contributed by atoms with Gasteiger partial charge in [0.25, 0.3) is 0 Å². The summed E-state index contributed by atoms with van der Waals surface area (Å²) in [5.74, 6) is -0.0222. The number of nitrogens with one attached hydrogen (secondary N) is 1. The van der Waals surface area contributed by atoms with Crippen molar-refractivity contribution in [1.82, 2.24) is 9.97 Å². The van der Waals surface area contributed by atoms with Gasteiger partial charge in [0.15, 0.2) is 0 Å². The quantitative estimate of drug-likeness (QED) is 0.428. The predicted octanol–water partition coefficient (Wildman–Crippen LogP) is 7.04. The van der Waals surface area contributed by atoms with Crippen LogP contribution in [-0.4, -0.2) is 15.9 Å². The van der Waals surface area contributed by atoms with Gasteiger partial charge < -0.3 is 5.32 Å². The molecule has 1 heterocycles. The molecule has 3 aromatic rings. The zero-order valence-corrected chi connectivity index (χ0v) is 19.2. The van der Waals surface area contributed by atoms with Crippen molar-refractivity contribution in [3.05, 3.63) is 61.8 Å². The molecule has 2 unspecified atom stereocenters. The molecule has 5 rings (SSSR count). The number of anilines is 1. The second-order valence-electron chi connectivity index (χ2n) is 8.49. The van der Waals surface area contributed by atoms with Crippen LogP contribution in [0.4, 0.5) is 5.69 Å². The molecule has 0 aliphatic heterocycles. The average Bonchev–Trinajstić information content (AvgIpc) is 3.06. The first-order valence-corrected chi connectivity index (χ1v) is 11.1. The van der Waals surface area contributed by atoms with Gasteiger partial charge in [-0.3, -0.25) is 4.79 Å². The number of nitrogens with zero attached hydrogens (tertiary/aromatic N) is 2. The molecule has 2 bridgehead atoms. The molecule has 2 aliphatic carbocycles. The molecule has 30 heavy (non-hydrogen) atoms. The molecule has 2 aliphatic rings. The first kappa shape index (κ1) is 20.3. The van der Waals surface area contributed by atoms with E-state index in [1.807, 2.05) is 0 Å². The standard InChI is InChI=1S/C22H17Cl4N3O/c1-21(2)10-6-7-22(21,20(30)29-14-5-3-4-11(23)17(14)26)19-18(10)27-15-8-12(24)13(25)9-16(15)28-19/h3-5,8-10H,6-7H2,1-2H3,(H,29,30). The fourth-order valence-electron chi connectivity index (χ4n) is 5.21. The summed E-state index contributed by atoms with van der Waals surface area (Å²) in [7, 11) is 0. The maximum Gasteiger partial charge on any atom is 0.237 e. The van der Waals surface area contributed by atoms with Gasteiger partial charge in [0.05, 0.1) is 53.6 Å². The maximum atomic E-state index is 13.8.